The number of hydrogen-bond donors (Lipinski definition) is 1. The molecule has 1 amide bonds. The average Bonchev–Trinajstić information content (AvgIpc) is 3.25. The lowest BCUT2D eigenvalue weighted by atomic mass is 10.1. The van der Waals surface area contributed by atoms with E-state index in [1.807, 2.05) is 0 Å². The third kappa shape index (κ3) is 6.16. The number of ether oxygens (including phenoxy) is 1. The summed E-state index contributed by atoms with van der Waals surface area (Å²) in [5, 5.41) is 6.64. The van der Waals surface area contributed by atoms with Gasteiger partial charge in [-0.25, -0.2) is 14.5 Å². The van der Waals surface area contributed by atoms with Gasteiger partial charge in [0.05, 0.1) is 16.9 Å². The Hall–Kier alpha value is -3.66. The largest absolute Gasteiger partial charge is 0.452 e. The molecular formula is C20H14ClF3N4O3. The van der Waals surface area contributed by atoms with Gasteiger partial charge in [-0.1, -0.05) is 23.7 Å². The first-order valence-corrected chi connectivity index (χ1v) is 9.06. The molecule has 1 aromatic heterocycles. The number of halogens is 4. The van der Waals surface area contributed by atoms with E-state index in [9.17, 15) is 22.8 Å². The van der Waals surface area contributed by atoms with Crippen molar-refractivity contribution in [3.05, 3.63) is 77.3 Å². The van der Waals surface area contributed by atoms with E-state index in [2.05, 4.69) is 15.4 Å². The SMILES string of the molecule is O=C(COC(=O)/C=C/c1cccc(Cl)c1)Nc1cc(C(F)(F)F)ccc1-n1cncn1. The lowest BCUT2D eigenvalue weighted by Crippen LogP contribution is -2.21. The van der Waals surface area contributed by atoms with Gasteiger partial charge in [-0.2, -0.15) is 18.3 Å². The molecule has 0 fully saturated rings. The molecule has 160 valence electrons. The van der Waals surface area contributed by atoms with E-state index >= 15 is 0 Å². The smallest absolute Gasteiger partial charge is 0.416 e. The Labute approximate surface area is 179 Å². The summed E-state index contributed by atoms with van der Waals surface area (Å²) in [6, 6.07) is 9.46. The van der Waals surface area contributed by atoms with E-state index in [0.717, 1.165) is 24.3 Å². The van der Waals surface area contributed by atoms with E-state index in [-0.39, 0.29) is 11.4 Å². The zero-order chi connectivity index (χ0) is 22.4. The molecule has 0 aliphatic heterocycles. The minimum absolute atomic E-state index is 0.158. The molecule has 0 spiro atoms. The molecule has 0 saturated carbocycles. The van der Waals surface area contributed by atoms with Crippen LogP contribution in [-0.2, 0) is 20.5 Å². The fourth-order valence-electron chi connectivity index (χ4n) is 2.49. The molecule has 3 rings (SSSR count). The molecule has 31 heavy (non-hydrogen) atoms. The van der Waals surface area contributed by atoms with E-state index in [0.29, 0.717) is 10.6 Å². The van der Waals surface area contributed by atoms with E-state index in [1.54, 1.807) is 24.3 Å². The normalized spacial score (nSPS) is 11.5. The van der Waals surface area contributed by atoms with Crippen molar-refractivity contribution in [3.8, 4) is 5.69 Å². The van der Waals surface area contributed by atoms with Gasteiger partial charge in [-0.3, -0.25) is 4.79 Å². The number of carbonyl (C=O) groups is 2. The van der Waals surface area contributed by atoms with Crippen LogP contribution in [0.3, 0.4) is 0 Å². The topological polar surface area (TPSA) is 86.1 Å². The van der Waals surface area contributed by atoms with Crippen LogP contribution in [0.25, 0.3) is 11.8 Å². The molecule has 1 heterocycles. The highest BCUT2D eigenvalue weighted by molar-refractivity contribution is 6.30. The Bertz CT molecular complexity index is 1120. The van der Waals surface area contributed by atoms with Crippen LogP contribution in [0, 0.1) is 0 Å². The van der Waals surface area contributed by atoms with Gasteiger partial charge < -0.3 is 10.1 Å². The summed E-state index contributed by atoms with van der Waals surface area (Å²) < 4.78 is 45.2. The van der Waals surface area contributed by atoms with Gasteiger partial charge in [0.1, 0.15) is 12.7 Å². The van der Waals surface area contributed by atoms with Gasteiger partial charge in [0.2, 0.25) is 0 Å². The lowest BCUT2D eigenvalue weighted by Gasteiger charge is -2.14. The number of carbonyl (C=O) groups excluding carboxylic acids is 2. The minimum atomic E-state index is -4.61. The van der Waals surface area contributed by atoms with Crippen molar-refractivity contribution in [2.75, 3.05) is 11.9 Å². The predicted molar refractivity (Wildman–Crippen MR) is 106 cm³/mol. The van der Waals surface area contributed by atoms with Gasteiger partial charge >= 0.3 is 12.1 Å². The molecule has 0 saturated heterocycles. The first kappa shape index (κ1) is 22.0. The zero-order valence-electron chi connectivity index (χ0n) is 15.6. The second kappa shape index (κ2) is 9.43. The molecule has 11 heteroatoms. The molecule has 1 N–H and O–H groups in total. The summed E-state index contributed by atoms with van der Waals surface area (Å²) in [4.78, 5) is 27.7. The zero-order valence-corrected chi connectivity index (χ0v) is 16.4. The number of hydrogen-bond acceptors (Lipinski definition) is 5. The fourth-order valence-corrected chi connectivity index (χ4v) is 2.69. The summed E-state index contributed by atoms with van der Waals surface area (Å²) in [5.41, 5.74) is -0.328. The van der Waals surface area contributed by atoms with Crippen molar-refractivity contribution in [3.63, 3.8) is 0 Å². The highest BCUT2D eigenvalue weighted by atomic mass is 35.5. The number of aromatic nitrogens is 3. The van der Waals surface area contributed by atoms with Crippen LogP contribution in [-0.4, -0.2) is 33.2 Å². The van der Waals surface area contributed by atoms with Crippen LogP contribution >= 0.6 is 11.6 Å². The van der Waals surface area contributed by atoms with Crippen molar-refractivity contribution >= 4 is 35.2 Å². The third-order valence-corrected chi connectivity index (χ3v) is 4.10. The second-order valence-electron chi connectivity index (χ2n) is 6.11. The van der Waals surface area contributed by atoms with E-state index < -0.39 is 30.2 Å². The van der Waals surface area contributed by atoms with Crippen molar-refractivity contribution in [1.29, 1.82) is 0 Å². The Morgan fingerprint density at radius 1 is 1.19 bits per heavy atom. The van der Waals surface area contributed by atoms with Gasteiger partial charge in [-0.05, 0) is 42.0 Å². The molecule has 0 bridgehead atoms. The van der Waals surface area contributed by atoms with E-state index in [1.165, 1.54) is 23.4 Å². The Morgan fingerprint density at radius 3 is 2.68 bits per heavy atom. The number of nitrogens with one attached hydrogen (secondary N) is 1. The highest BCUT2D eigenvalue weighted by Crippen LogP contribution is 2.33. The standard InChI is InChI=1S/C20H14ClF3N4O3/c21-15-3-1-2-13(8-15)4-7-19(30)31-10-18(29)27-16-9-14(20(22,23)24)5-6-17(16)28-12-25-11-26-28/h1-9,11-12H,10H2,(H,27,29)/b7-4+. The van der Waals surface area contributed by atoms with Gasteiger partial charge in [0.15, 0.2) is 6.61 Å². The highest BCUT2D eigenvalue weighted by Gasteiger charge is 2.31. The van der Waals surface area contributed by atoms with Crippen molar-refractivity contribution < 1.29 is 27.5 Å². The van der Waals surface area contributed by atoms with Crippen LogP contribution < -0.4 is 5.32 Å². The maximum atomic E-state index is 13.1. The number of rotatable bonds is 6. The van der Waals surface area contributed by atoms with Gasteiger partial charge in [0, 0.05) is 11.1 Å². The fraction of sp³-hybridized carbons (Fsp3) is 0.100. The second-order valence-corrected chi connectivity index (χ2v) is 6.55. The predicted octanol–water partition coefficient (Wildman–Crippen LogP) is 4.13. The van der Waals surface area contributed by atoms with Crippen LogP contribution in [0.5, 0.6) is 0 Å². The third-order valence-electron chi connectivity index (χ3n) is 3.87. The number of alkyl halides is 3. The van der Waals surface area contributed by atoms with Gasteiger partial charge in [-0.15, -0.1) is 0 Å². The molecule has 0 atom stereocenters. The van der Waals surface area contributed by atoms with Crippen molar-refractivity contribution in [2.45, 2.75) is 6.18 Å². The number of esters is 1. The molecule has 3 aromatic rings. The first-order chi connectivity index (χ1) is 14.7. The minimum Gasteiger partial charge on any atom is -0.452 e. The molecular weight excluding hydrogens is 437 g/mol. The Morgan fingerprint density at radius 2 is 2.00 bits per heavy atom. The van der Waals surface area contributed by atoms with Crippen molar-refractivity contribution in [1.82, 2.24) is 14.8 Å². The molecule has 0 aliphatic rings. The number of nitrogens with zero attached hydrogens (tertiary/aromatic N) is 3. The molecule has 0 unspecified atom stereocenters. The molecule has 0 aliphatic carbocycles. The average molecular weight is 451 g/mol. The summed E-state index contributed by atoms with van der Waals surface area (Å²) in [6.07, 6.45) is 0.389. The van der Waals surface area contributed by atoms with E-state index in [4.69, 9.17) is 16.3 Å². The molecule has 0 radical (unpaired) electrons. The summed E-state index contributed by atoms with van der Waals surface area (Å²) in [5.74, 6) is -1.64. The molecule has 2 aromatic carbocycles. The monoisotopic (exact) mass is 450 g/mol. The van der Waals surface area contributed by atoms with Crippen molar-refractivity contribution in [2.24, 2.45) is 0 Å². The van der Waals surface area contributed by atoms with Crippen LogP contribution in [0.15, 0.2) is 61.2 Å². The maximum Gasteiger partial charge on any atom is 0.416 e. The quantitative estimate of drug-likeness (QED) is 0.450. The maximum absolute atomic E-state index is 13.1. The van der Waals surface area contributed by atoms with Crippen LogP contribution in [0.4, 0.5) is 18.9 Å². The first-order valence-electron chi connectivity index (χ1n) is 8.69. The summed E-state index contributed by atoms with van der Waals surface area (Å²) in [6.45, 7) is -0.703. The van der Waals surface area contributed by atoms with Crippen LogP contribution in [0.2, 0.25) is 5.02 Å². The Balaban J connectivity index is 1.67. The van der Waals surface area contributed by atoms with Crippen LogP contribution in [0.1, 0.15) is 11.1 Å². The summed E-state index contributed by atoms with van der Waals surface area (Å²) in [7, 11) is 0. The van der Waals surface area contributed by atoms with Gasteiger partial charge in [0.25, 0.3) is 5.91 Å². The summed E-state index contributed by atoms with van der Waals surface area (Å²) >= 11 is 5.85. The lowest BCUT2D eigenvalue weighted by molar-refractivity contribution is -0.142. The molecule has 7 nitrogen and oxygen atoms in total. The number of anilines is 1. The number of amides is 1. The number of benzene rings is 2. The Kier molecular flexibility index (Phi) is 6.71.